The third-order valence-electron chi connectivity index (χ3n) is 4.29. The number of nitrogens with zero attached hydrogens (tertiary/aromatic N) is 1. The smallest absolute Gasteiger partial charge is 0.153 e. The van der Waals surface area contributed by atoms with Crippen molar-refractivity contribution in [3.8, 4) is 0 Å². The summed E-state index contributed by atoms with van der Waals surface area (Å²) in [6.45, 7) is 0. The van der Waals surface area contributed by atoms with E-state index in [4.69, 9.17) is 5.73 Å². The molecule has 1 saturated heterocycles. The first-order valence-electron chi connectivity index (χ1n) is 6.67. The molecule has 0 bridgehead atoms. The Bertz CT molecular complexity index is 348. The molecule has 1 saturated carbocycles. The van der Waals surface area contributed by atoms with Crippen molar-refractivity contribution in [1.82, 2.24) is 4.90 Å². The number of likely N-dealkylation sites (N-methyl/N-ethyl adjacent to an activating group) is 1. The highest BCUT2D eigenvalue weighted by atomic mass is 32.2. The summed E-state index contributed by atoms with van der Waals surface area (Å²) in [5, 5.41) is 0. The zero-order valence-corrected chi connectivity index (χ0v) is 11.5. The number of rotatable bonds is 2. The highest BCUT2D eigenvalue weighted by Crippen LogP contribution is 2.25. The predicted octanol–water partition coefficient (Wildman–Crippen LogP) is 0.765. The summed E-state index contributed by atoms with van der Waals surface area (Å²) in [7, 11) is -0.847. The molecular formula is C12H24N2O2S. The minimum atomic E-state index is -2.90. The van der Waals surface area contributed by atoms with Crippen LogP contribution in [0.5, 0.6) is 0 Å². The van der Waals surface area contributed by atoms with Crippen LogP contribution >= 0.6 is 0 Å². The summed E-state index contributed by atoms with van der Waals surface area (Å²) in [5.74, 6) is 0.413. The van der Waals surface area contributed by atoms with E-state index < -0.39 is 9.84 Å². The topological polar surface area (TPSA) is 63.4 Å². The summed E-state index contributed by atoms with van der Waals surface area (Å²) in [5.41, 5.74) is 5.98. The molecule has 0 amide bonds. The average molecular weight is 260 g/mol. The van der Waals surface area contributed by atoms with Crippen molar-refractivity contribution in [2.24, 2.45) is 5.73 Å². The zero-order valence-electron chi connectivity index (χ0n) is 10.6. The second kappa shape index (κ2) is 5.24. The van der Waals surface area contributed by atoms with E-state index in [-0.39, 0.29) is 23.6 Å². The van der Waals surface area contributed by atoms with E-state index in [2.05, 4.69) is 11.9 Å². The lowest BCUT2D eigenvalue weighted by molar-refractivity contribution is 0.160. The van der Waals surface area contributed by atoms with E-state index >= 15 is 0 Å². The van der Waals surface area contributed by atoms with Crippen molar-refractivity contribution in [3.63, 3.8) is 0 Å². The SMILES string of the molecule is CN(C1CCCCCC1)C1CS(=O)(=O)CC1N. The second-order valence-corrected chi connectivity index (χ2v) is 7.77. The van der Waals surface area contributed by atoms with Gasteiger partial charge in [0, 0.05) is 18.1 Å². The van der Waals surface area contributed by atoms with Crippen LogP contribution in [0.15, 0.2) is 0 Å². The van der Waals surface area contributed by atoms with Gasteiger partial charge < -0.3 is 5.73 Å². The lowest BCUT2D eigenvalue weighted by atomic mass is 10.0. The molecule has 1 aliphatic heterocycles. The first-order valence-corrected chi connectivity index (χ1v) is 8.50. The minimum absolute atomic E-state index is 0.0306. The van der Waals surface area contributed by atoms with Gasteiger partial charge in [0.2, 0.25) is 0 Å². The molecular weight excluding hydrogens is 236 g/mol. The molecule has 1 heterocycles. The van der Waals surface area contributed by atoms with Crippen molar-refractivity contribution in [1.29, 1.82) is 0 Å². The maximum atomic E-state index is 11.6. The molecule has 2 N–H and O–H groups in total. The van der Waals surface area contributed by atoms with E-state index in [1.807, 2.05) is 0 Å². The van der Waals surface area contributed by atoms with Gasteiger partial charge in [-0.3, -0.25) is 4.90 Å². The third kappa shape index (κ3) is 3.20. The molecule has 2 atom stereocenters. The summed E-state index contributed by atoms with van der Waals surface area (Å²) < 4.78 is 23.2. The van der Waals surface area contributed by atoms with Crippen molar-refractivity contribution in [2.75, 3.05) is 18.6 Å². The van der Waals surface area contributed by atoms with Gasteiger partial charge in [-0.05, 0) is 19.9 Å². The minimum Gasteiger partial charge on any atom is -0.325 e. The summed E-state index contributed by atoms with van der Waals surface area (Å²) in [6.07, 6.45) is 7.56. The molecule has 0 aromatic heterocycles. The molecule has 0 aromatic rings. The molecule has 1 aliphatic carbocycles. The Hall–Kier alpha value is -0.130. The van der Waals surface area contributed by atoms with Gasteiger partial charge in [-0.1, -0.05) is 25.7 Å². The van der Waals surface area contributed by atoms with Crippen molar-refractivity contribution in [2.45, 2.75) is 56.7 Å². The maximum absolute atomic E-state index is 11.6. The van der Waals surface area contributed by atoms with Crippen LogP contribution in [-0.4, -0.2) is 50.0 Å². The molecule has 2 aliphatic rings. The van der Waals surface area contributed by atoms with E-state index in [1.165, 1.54) is 38.5 Å². The molecule has 0 aromatic carbocycles. The Morgan fingerprint density at radius 2 is 1.65 bits per heavy atom. The van der Waals surface area contributed by atoms with Crippen LogP contribution in [-0.2, 0) is 9.84 Å². The maximum Gasteiger partial charge on any atom is 0.153 e. The van der Waals surface area contributed by atoms with Gasteiger partial charge in [0.05, 0.1) is 11.5 Å². The van der Waals surface area contributed by atoms with Crippen LogP contribution in [0.1, 0.15) is 38.5 Å². The standard InChI is InChI=1S/C12H24N2O2S/c1-14(10-6-4-2-3-5-7-10)12-9-17(15,16)8-11(12)13/h10-12H,2-9,13H2,1H3. The van der Waals surface area contributed by atoms with Gasteiger partial charge in [0.1, 0.15) is 0 Å². The largest absolute Gasteiger partial charge is 0.325 e. The molecule has 2 unspecified atom stereocenters. The van der Waals surface area contributed by atoms with Gasteiger partial charge >= 0.3 is 0 Å². The normalized spacial score (nSPS) is 35.0. The van der Waals surface area contributed by atoms with E-state index in [0.717, 1.165) is 0 Å². The zero-order chi connectivity index (χ0) is 12.5. The lowest BCUT2D eigenvalue weighted by Gasteiger charge is -2.33. The lowest BCUT2D eigenvalue weighted by Crippen LogP contribution is -2.49. The molecule has 5 heteroatoms. The van der Waals surface area contributed by atoms with Gasteiger partial charge in [0.25, 0.3) is 0 Å². The van der Waals surface area contributed by atoms with Crippen LogP contribution in [0, 0.1) is 0 Å². The van der Waals surface area contributed by atoms with Crippen molar-refractivity contribution < 1.29 is 8.42 Å². The summed E-state index contributed by atoms with van der Waals surface area (Å²) in [6, 6.07) is 0.359. The van der Waals surface area contributed by atoms with E-state index in [1.54, 1.807) is 0 Å². The fraction of sp³-hybridized carbons (Fsp3) is 1.00. The monoisotopic (exact) mass is 260 g/mol. The Kier molecular flexibility index (Phi) is 4.10. The molecule has 2 fully saturated rings. The molecule has 100 valence electrons. The van der Waals surface area contributed by atoms with Gasteiger partial charge in [-0.25, -0.2) is 8.42 Å². The van der Waals surface area contributed by atoms with Gasteiger partial charge in [0.15, 0.2) is 9.84 Å². The van der Waals surface area contributed by atoms with Crippen LogP contribution in [0.3, 0.4) is 0 Å². The van der Waals surface area contributed by atoms with Crippen LogP contribution < -0.4 is 5.73 Å². The summed E-state index contributed by atoms with van der Waals surface area (Å²) >= 11 is 0. The van der Waals surface area contributed by atoms with Gasteiger partial charge in [-0.15, -0.1) is 0 Å². The number of hydrogen-bond acceptors (Lipinski definition) is 4. The number of nitrogens with two attached hydrogens (primary N) is 1. The Morgan fingerprint density at radius 1 is 1.06 bits per heavy atom. The Labute approximate surface area is 104 Å². The second-order valence-electron chi connectivity index (χ2n) is 5.62. The van der Waals surface area contributed by atoms with Crippen molar-refractivity contribution in [3.05, 3.63) is 0 Å². The molecule has 0 radical (unpaired) electrons. The molecule has 4 nitrogen and oxygen atoms in total. The first kappa shape index (κ1) is 13.3. The third-order valence-corrected chi connectivity index (χ3v) is 6.03. The Morgan fingerprint density at radius 3 is 2.12 bits per heavy atom. The van der Waals surface area contributed by atoms with Crippen LogP contribution in [0.25, 0.3) is 0 Å². The fourth-order valence-corrected chi connectivity index (χ4v) is 5.16. The highest BCUT2D eigenvalue weighted by Gasteiger charge is 2.39. The average Bonchev–Trinajstić information content (AvgIpc) is 2.47. The van der Waals surface area contributed by atoms with E-state index in [9.17, 15) is 8.42 Å². The highest BCUT2D eigenvalue weighted by molar-refractivity contribution is 7.91. The molecule has 17 heavy (non-hydrogen) atoms. The van der Waals surface area contributed by atoms with E-state index in [0.29, 0.717) is 6.04 Å². The van der Waals surface area contributed by atoms with Gasteiger partial charge in [-0.2, -0.15) is 0 Å². The summed E-state index contributed by atoms with van der Waals surface area (Å²) in [4.78, 5) is 2.25. The quantitative estimate of drug-likeness (QED) is 0.745. The van der Waals surface area contributed by atoms with Crippen LogP contribution in [0.2, 0.25) is 0 Å². The predicted molar refractivity (Wildman–Crippen MR) is 69.7 cm³/mol. The van der Waals surface area contributed by atoms with Crippen LogP contribution in [0.4, 0.5) is 0 Å². The number of sulfone groups is 1. The number of hydrogen-bond donors (Lipinski definition) is 1. The first-order chi connectivity index (χ1) is 7.99. The molecule has 0 spiro atoms. The van der Waals surface area contributed by atoms with Crippen molar-refractivity contribution >= 4 is 9.84 Å². The Balaban J connectivity index is 2.01. The molecule has 2 rings (SSSR count). The fourth-order valence-electron chi connectivity index (χ4n) is 3.21.